The standard InChI is InChI=1S/C14H17IN2O/c1-3-7-16-10(2)14-17-9-13(18-14)11-5-4-6-12(15)8-11/h4-6,8-10,16H,3,7H2,1-2H3. The van der Waals surface area contributed by atoms with Crippen molar-refractivity contribution in [3.63, 3.8) is 0 Å². The summed E-state index contributed by atoms with van der Waals surface area (Å²) in [6.07, 6.45) is 2.90. The first-order chi connectivity index (χ1) is 8.70. The SMILES string of the molecule is CCCNC(C)c1ncc(-c2cccc(I)c2)o1. The normalized spacial score (nSPS) is 12.6. The van der Waals surface area contributed by atoms with Crippen molar-refractivity contribution < 1.29 is 4.42 Å². The Morgan fingerprint density at radius 1 is 1.44 bits per heavy atom. The Bertz CT molecular complexity index is 510. The van der Waals surface area contributed by atoms with Gasteiger partial charge in [-0.2, -0.15) is 0 Å². The van der Waals surface area contributed by atoms with Crippen LogP contribution in [-0.4, -0.2) is 11.5 Å². The van der Waals surface area contributed by atoms with Crippen molar-refractivity contribution in [3.8, 4) is 11.3 Å². The molecule has 1 atom stereocenters. The van der Waals surface area contributed by atoms with Crippen LogP contribution in [0.2, 0.25) is 0 Å². The third-order valence-corrected chi connectivity index (χ3v) is 3.37. The molecule has 18 heavy (non-hydrogen) atoms. The van der Waals surface area contributed by atoms with Gasteiger partial charge in [0.2, 0.25) is 5.89 Å². The summed E-state index contributed by atoms with van der Waals surface area (Å²) in [5.74, 6) is 1.57. The first-order valence-corrected chi connectivity index (χ1v) is 7.23. The molecular weight excluding hydrogens is 339 g/mol. The third-order valence-electron chi connectivity index (χ3n) is 2.70. The van der Waals surface area contributed by atoms with E-state index in [1.807, 2.05) is 12.1 Å². The van der Waals surface area contributed by atoms with Gasteiger partial charge in [0.15, 0.2) is 5.76 Å². The average Bonchev–Trinajstić information content (AvgIpc) is 2.85. The van der Waals surface area contributed by atoms with Gasteiger partial charge in [-0.05, 0) is 54.6 Å². The molecular formula is C14H17IN2O. The molecule has 0 bridgehead atoms. The topological polar surface area (TPSA) is 38.1 Å². The summed E-state index contributed by atoms with van der Waals surface area (Å²) in [5, 5.41) is 3.37. The summed E-state index contributed by atoms with van der Waals surface area (Å²) in [4.78, 5) is 4.34. The molecule has 0 amide bonds. The van der Waals surface area contributed by atoms with Crippen LogP contribution in [-0.2, 0) is 0 Å². The van der Waals surface area contributed by atoms with Gasteiger partial charge in [-0.25, -0.2) is 4.98 Å². The van der Waals surface area contributed by atoms with Crippen molar-refractivity contribution >= 4 is 22.6 Å². The van der Waals surface area contributed by atoms with Crippen LogP contribution in [0.3, 0.4) is 0 Å². The Morgan fingerprint density at radius 2 is 2.28 bits per heavy atom. The van der Waals surface area contributed by atoms with Crippen molar-refractivity contribution in [1.29, 1.82) is 0 Å². The number of benzene rings is 1. The smallest absolute Gasteiger partial charge is 0.211 e. The van der Waals surface area contributed by atoms with Crippen LogP contribution in [0.1, 0.15) is 32.2 Å². The lowest BCUT2D eigenvalue weighted by molar-refractivity contribution is 0.423. The highest BCUT2D eigenvalue weighted by Crippen LogP contribution is 2.24. The van der Waals surface area contributed by atoms with Crippen LogP contribution in [0.25, 0.3) is 11.3 Å². The molecule has 1 aromatic heterocycles. The molecule has 1 unspecified atom stereocenters. The number of nitrogens with one attached hydrogen (secondary N) is 1. The van der Waals surface area contributed by atoms with E-state index in [-0.39, 0.29) is 6.04 Å². The second-order valence-electron chi connectivity index (χ2n) is 4.25. The first kappa shape index (κ1) is 13.5. The number of oxazole rings is 1. The molecule has 0 radical (unpaired) electrons. The Hall–Kier alpha value is -0.880. The summed E-state index contributed by atoms with van der Waals surface area (Å²) in [7, 11) is 0. The second kappa shape index (κ2) is 6.33. The molecule has 3 nitrogen and oxygen atoms in total. The number of hydrogen-bond acceptors (Lipinski definition) is 3. The van der Waals surface area contributed by atoms with Crippen molar-refractivity contribution in [2.45, 2.75) is 26.3 Å². The molecule has 0 saturated heterocycles. The van der Waals surface area contributed by atoms with Gasteiger partial charge in [0, 0.05) is 9.13 Å². The highest BCUT2D eigenvalue weighted by Gasteiger charge is 2.12. The van der Waals surface area contributed by atoms with Crippen LogP contribution in [0, 0.1) is 3.57 Å². The maximum absolute atomic E-state index is 5.81. The summed E-state index contributed by atoms with van der Waals surface area (Å²) in [6.45, 7) is 5.19. The van der Waals surface area contributed by atoms with E-state index >= 15 is 0 Å². The minimum Gasteiger partial charge on any atom is -0.439 e. The summed E-state index contributed by atoms with van der Waals surface area (Å²) >= 11 is 2.30. The molecule has 96 valence electrons. The van der Waals surface area contributed by atoms with E-state index in [4.69, 9.17) is 4.42 Å². The van der Waals surface area contributed by atoms with Gasteiger partial charge >= 0.3 is 0 Å². The second-order valence-corrected chi connectivity index (χ2v) is 5.49. The van der Waals surface area contributed by atoms with E-state index < -0.39 is 0 Å². The van der Waals surface area contributed by atoms with Gasteiger partial charge in [-0.3, -0.25) is 0 Å². The largest absolute Gasteiger partial charge is 0.439 e. The van der Waals surface area contributed by atoms with Gasteiger partial charge in [0.25, 0.3) is 0 Å². The molecule has 0 aliphatic carbocycles. The fraction of sp³-hybridized carbons (Fsp3) is 0.357. The quantitative estimate of drug-likeness (QED) is 0.823. The molecule has 0 aliphatic heterocycles. The van der Waals surface area contributed by atoms with Crippen LogP contribution in [0.15, 0.2) is 34.9 Å². The monoisotopic (exact) mass is 356 g/mol. The molecule has 1 aromatic carbocycles. The molecule has 0 spiro atoms. The maximum atomic E-state index is 5.81. The summed E-state index contributed by atoms with van der Waals surface area (Å²) in [6, 6.07) is 8.37. The van der Waals surface area contributed by atoms with Gasteiger partial charge in [-0.15, -0.1) is 0 Å². The predicted octanol–water partition coefficient (Wildman–Crippen LogP) is 4.01. The van der Waals surface area contributed by atoms with Crippen molar-refractivity contribution in [1.82, 2.24) is 10.3 Å². The number of hydrogen-bond donors (Lipinski definition) is 1. The van der Waals surface area contributed by atoms with Crippen molar-refractivity contribution in [2.75, 3.05) is 6.54 Å². The molecule has 1 N–H and O–H groups in total. The van der Waals surface area contributed by atoms with Gasteiger partial charge < -0.3 is 9.73 Å². The van der Waals surface area contributed by atoms with E-state index in [0.717, 1.165) is 30.2 Å². The molecule has 4 heteroatoms. The number of rotatable bonds is 5. The zero-order valence-electron chi connectivity index (χ0n) is 10.6. The van der Waals surface area contributed by atoms with Crippen LogP contribution in [0.5, 0.6) is 0 Å². The average molecular weight is 356 g/mol. The number of halogens is 1. The lowest BCUT2D eigenvalue weighted by Crippen LogP contribution is -2.19. The lowest BCUT2D eigenvalue weighted by Gasteiger charge is -2.08. The van der Waals surface area contributed by atoms with E-state index in [9.17, 15) is 0 Å². The highest BCUT2D eigenvalue weighted by molar-refractivity contribution is 14.1. The molecule has 2 rings (SSSR count). The van der Waals surface area contributed by atoms with E-state index in [0.29, 0.717) is 0 Å². The molecule has 2 aromatic rings. The lowest BCUT2D eigenvalue weighted by atomic mass is 10.2. The van der Waals surface area contributed by atoms with Crippen molar-refractivity contribution in [2.24, 2.45) is 0 Å². The zero-order valence-corrected chi connectivity index (χ0v) is 12.8. The van der Waals surface area contributed by atoms with Gasteiger partial charge in [0.1, 0.15) is 0 Å². The van der Waals surface area contributed by atoms with Gasteiger partial charge in [0.05, 0.1) is 12.2 Å². The van der Waals surface area contributed by atoms with Crippen LogP contribution in [0.4, 0.5) is 0 Å². The molecule has 1 heterocycles. The van der Waals surface area contributed by atoms with E-state index in [2.05, 4.69) is 58.9 Å². The van der Waals surface area contributed by atoms with Crippen molar-refractivity contribution in [3.05, 3.63) is 39.9 Å². The Labute approximate surface area is 121 Å². The Morgan fingerprint density at radius 3 is 3.00 bits per heavy atom. The molecule has 0 aliphatic rings. The van der Waals surface area contributed by atoms with Crippen LogP contribution < -0.4 is 5.32 Å². The Kier molecular flexibility index (Phi) is 4.77. The van der Waals surface area contributed by atoms with E-state index in [1.165, 1.54) is 3.57 Å². The summed E-state index contributed by atoms with van der Waals surface area (Å²) < 4.78 is 7.00. The molecule has 0 saturated carbocycles. The Balaban J connectivity index is 2.15. The fourth-order valence-electron chi connectivity index (χ4n) is 1.71. The highest BCUT2D eigenvalue weighted by atomic mass is 127. The number of nitrogens with zero attached hydrogens (tertiary/aromatic N) is 1. The van der Waals surface area contributed by atoms with E-state index in [1.54, 1.807) is 6.20 Å². The number of aromatic nitrogens is 1. The first-order valence-electron chi connectivity index (χ1n) is 6.15. The third kappa shape index (κ3) is 3.32. The van der Waals surface area contributed by atoms with Crippen LogP contribution >= 0.6 is 22.6 Å². The fourth-order valence-corrected chi connectivity index (χ4v) is 2.25. The maximum Gasteiger partial charge on any atom is 0.211 e. The zero-order chi connectivity index (χ0) is 13.0. The predicted molar refractivity (Wildman–Crippen MR) is 81.4 cm³/mol. The minimum atomic E-state index is 0.154. The van der Waals surface area contributed by atoms with Gasteiger partial charge in [-0.1, -0.05) is 19.1 Å². The summed E-state index contributed by atoms with van der Waals surface area (Å²) in [5.41, 5.74) is 1.07. The molecule has 0 fully saturated rings. The minimum absolute atomic E-state index is 0.154.